The normalized spacial score (nSPS) is 9.72. The molecule has 0 spiro atoms. The molecule has 1 rings (SSSR count). The lowest BCUT2D eigenvalue weighted by Crippen LogP contribution is -2.34. The van der Waals surface area contributed by atoms with Crippen molar-refractivity contribution in [3.05, 3.63) is 29.3 Å². The minimum atomic E-state index is -0.317. The highest BCUT2D eigenvalue weighted by atomic mass is 32.1. The minimum Gasteiger partial charge on any atom is -0.465 e. The quantitative estimate of drug-likeness (QED) is 0.646. The van der Waals surface area contributed by atoms with Crippen molar-refractivity contribution in [3.63, 3.8) is 0 Å². The molecule has 0 aromatic heterocycles. The highest BCUT2D eigenvalue weighted by Crippen LogP contribution is 2.17. The van der Waals surface area contributed by atoms with Gasteiger partial charge in [-0.2, -0.15) is 0 Å². The first kappa shape index (κ1) is 14.4. The SMILES string of the molecule is CCOC(=O)CNC(=S)Nc1cccc(C)c1C. The van der Waals surface area contributed by atoms with Crippen molar-refractivity contribution in [2.45, 2.75) is 20.8 Å². The highest BCUT2D eigenvalue weighted by Gasteiger charge is 2.05. The number of ether oxygens (including phenoxy) is 1. The third-order valence-electron chi connectivity index (χ3n) is 2.55. The van der Waals surface area contributed by atoms with Crippen LogP contribution in [-0.2, 0) is 9.53 Å². The van der Waals surface area contributed by atoms with E-state index in [1.165, 1.54) is 5.56 Å². The van der Waals surface area contributed by atoms with Gasteiger partial charge in [0.2, 0.25) is 0 Å². The molecule has 18 heavy (non-hydrogen) atoms. The largest absolute Gasteiger partial charge is 0.465 e. The van der Waals surface area contributed by atoms with E-state index < -0.39 is 0 Å². The summed E-state index contributed by atoms with van der Waals surface area (Å²) in [5, 5.41) is 6.28. The van der Waals surface area contributed by atoms with E-state index in [4.69, 9.17) is 17.0 Å². The molecule has 2 N–H and O–H groups in total. The topological polar surface area (TPSA) is 50.4 Å². The second-order valence-electron chi connectivity index (χ2n) is 3.86. The summed E-state index contributed by atoms with van der Waals surface area (Å²) < 4.78 is 4.80. The maximum absolute atomic E-state index is 11.1. The van der Waals surface area contributed by atoms with Gasteiger partial charge in [0.25, 0.3) is 0 Å². The van der Waals surface area contributed by atoms with Crippen LogP contribution in [0.3, 0.4) is 0 Å². The van der Waals surface area contributed by atoms with Crippen molar-refractivity contribution in [1.82, 2.24) is 5.32 Å². The second kappa shape index (κ2) is 6.96. The van der Waals surface area contributed by atoms with Crippen molar-refractivity contribution < 1.29 is 9.53 Å². The number of benzene rings is 1. The van der Waals surface area contributed by atoms with E-state index in [1.54, 1.807) is 6.92 Å². The predicted molar refractivity (Wildman–Crippen MR) is 76.8 cm³/mol. The summed E-state index contributed by atoms with van der Waals surface area (Å²) in [5.41, 5.74) is 3.27. The van der Waals surface area contributed by atoms with Crippen LogP contribution in [-0.4, -0.2) is 24.2 Å². The lowest BCUT2D eigenvalue weighted by Gasteiger charge is -2.13. The Hall–Kier alpha value is -1.62. The van der Waals surface area contributed by atoms with E-state index in [-0.39, 0.29) is 12.5 Å². The smallest absolute Gasteiger partial charge is 0.325 e. The maximum atomic E-state index is 11.1. The van der Waals surface area contributed by atoms with E-state index in [9.17, 15) is 4.79 Å². The average Bonchev–Trinajstić information content (AvgIpc) is 2.33. The van der Waals surface area contributed by atoms with Crippen LogP contribution in [0.1, 0.15) is 18.1 Å². The summed E-state index contributed by atoms with van der Waals surface area (Å²) in [6.45, 7) is 6.27. The molecule has 1 aromatic rings. The lowest BCUT2D eigenvalue weighted by molar-refractivity contribution is -0.141. The van der Waals surface area contributed by atoms with Crippen LogP contribution >= 0.6 is 12.2 Å². The number of carbonyl (C=O) groups excluding carboxylic acids is 1. The third kappa shape index (κ3) is 4.33. The van der Waals surface area contributed by atoms with Crippen LogP contribution in [0.2, 0.25) is 0 Å². The first-order valence-electron chi connectivity index (χ1n) is 5.81. The number of anilines is 1. The summed E-state index contributed by atoms with van der Waals surface area (Å²) in [4.78, 5) is 11.1. The summed E-state index contributed by atoms with van der Waals surface area (Å²) in [5.74, 6) is -0.317. The van der Waals surface area contributed by atoms with Crippen molar-refractivity contribution in [2.24, 2.45) is 0 Å². The summed E-state index contributed by atoms with van der Waals surface area (Å²) in [6, 6.07) is 5.94. The molecule has 0 fully saturated rings. The molecule has 98 valence electrons. The first-order chi connectivity index (χ1) is 8.54. The number of aryl methyl sites for hydroxylation is 1. The minimum absolute atomic E-state index is 0.0739. The molecule has 5 heteroatoms. The van der Waals surface area contributed by atoms with Gasteiger partial charge in [0, 0.05) is 5.69 Å². The molecule has 4 nitrogen and oxygen atoms in total. The summed E-state index contributed by atoms with van der Waals surface area (Å²) in [7, 11) is 0. The Balaban J connectivity index is 2.50. The van der Waals surface area contributed by atoms with Crippen molar-refractivity contribution in [2.75, 3.05) is 18.5 Å². The number of nitrogens with one attached hydrogen (secondary N) is 2. The van der Waals surface area contributed by atoms with Gasteiger partial charge in [-0.1, -0.05) is 12.1 Å². The Morgan fingerprint density at radius 2 is 2.11 bits per heavy atom. The monoisotopic (exact) mass is 266 g/mol. The zero-order valence-corrected chi connectivity index (χ0v) is 11.7. The fraction of sp³-hybridized carbons (Fsp3) is 0.385. The maximum Gasteiger partial charge on any atom is 0.325 e. The van der Waals surface area contributed by atoms with Gasteiger partial charge in [-0.3, -0.25) is 4.79 Å². The van der Waals surface area contributed by atoms with Gasteiger partial charge in [0.15, 0.2) is 5.11 Å². The van der Waals surface area contributed by atoms with Gasteiger partial charge >= 0.3 is 5.97 Å². The van der Waals surface area contributed by atoms with E-state index in [0.717, 1.165) is 11.3 Å². The van der Waals surface area contributed by atoms with Crippen LogP contribution in [0.4, 0.5) is 5.69 Å². The molecule has 0 atom stereocenters. The van der Waals surface area contributed by atoms with Crippen molar-refractivity contribution >= 4 is 29.0 Å². The van der Waals surface area contributed by atoms with Gasteiger partial charge in [0.1, 0.15) is 6.54 Å². The Morgan fingerprint density at radius 1 is 1.39 bits per heavy atom. The van der Waals surface area contributed by atoms with E-state index >= 15 is 0 Å². The lowest BCUT2D eigenvalue weighted by atomic mass is 10.1. The number of carbonyl (C=O) groups is 1. The summed E-state index contributed by atoms with van der Waals surface area (Å²) >= 11 is 5.11. The van der Waals surface area contributed by atoms with Gasteiger partial charge in [-0.15, -0.1) is 0 Å². The Morgan fingerprint density at radius 3 is 2.78 bits per heavy atom. The molecule has 0 amide bonds. The molecular formula is C13H18N2O2S. The molecule has 0 aliphatic rings. The van der Waals surface area contributed by atoms with Gasteiger partial charge in [0.05, 0.1) is 6.61 Å². The predicted octanol–water partition coefficient (Wildman–Crippen LogP) is 2.15. The number of rotatable bonds is 4. The van der Waals surface area contributed by atoms with E-state index in [0.29, 0.717) is 11.7 Å². The standard InChI is InChI=1S/C13H18N2O2S/c1-4-17-12(16)8-14-13(18)15-11-7-5-6-9(2)10(11)3/h5-7H,4,8H2,1-3H3,(H2,14,15,18). The fourth-order valence-corrected chi connectivity index (χ4v) is 1.60. The second-order valence-corrected chi connectivity index (χ2v) is 4.27. The molecule has 0 aliphatic carbocycles. The summed E-state index contributed by atoms with van der Waals surface area (Å²) in [6.07, 6.45) is 0. The van der Waals surface area contributed by atoms with Crippen LogP contribution in [0.15, 0.2) is 18.2 Å². The average molecular weight is 266 g/mol. The van der Waals surface area contributed by atoms with E-state index in [1.807, 2.05) is 32.0 Å². The van der Waals surface area contributed by atoms with Gasteiger partial charge in [-0.05, 0) is 50.2 Å². The molecule has 1 aromatic carbocycles. The molecule has 0 heterocycles. The molecule has 0 bridgehead atoms. The number of thiocarbonyl (C=S) groups is 1. The molecule has 0 radical (unpaired) electrons. The van der Waals surface area contributed by atoms with Crippen LogP contribution in [0, 0.1) is 13.8 Å². The molecule has 0 aliphatic heterocycles. The first-order valence-corrected chi connectivity index (χ1v) is 6.22. The third-order valence-corrected chi connectivity index (χ3v) is 2.80. The number of esters is 1. The Kier molecular flexibility index (Phi) is 5.58. The molecular weight excluding hydrogens is 248 g/mol. The van der Waals surface area contributed by atoms with Crippen LogP contribution < -0.4 is 10.6 Å². The Bertz CT molecular complexity index is 447. The zero-order valence-electron chi connectivity index (χ0n) is 10.9. The number of hydrogen-bond acceptors (Lipinski definition) is 3. The molecule has 0 saturated carbocycles. The van der Waals surface area contributed by atoms with E-state index in [2.05, 4.69) is 10.6 Å². The molecule has 0 unspecified atom stereocenters. The number of hydrogen-bond donors (Lipinski definition) is 2. The Labute approximate surface area is 113 Å². The van der Waals surface area contributed by atoms with Crippen LogP contribution in [0.25, 0.3) is 0 Å². The zero-order chi connectivity index (χ0) is 13.5. The fourth-order valence-electron chi connectivity index (χ4n) is 1.42. The van der Waals surface area contributed by atoms with Crippen LogP contribution in [0.5, 0.6) is 0 Å². The van der Waals surface area contributed by atoms with Crippen molar-refractivity contribution in [1.29, 1.82) is 0 Å². The van der Waals surface area contributed by atoms with Gasteiger partial charge in [-0.25, -0.2) is 0 Å². The highest BCUT2D eigenvalue weighted by molar-refractivity contribution is 7.80. The molecule has 0 saturated heterocycles. The van der Waals surface area contributed by atoms with Crippen molar-refractivity contribution in [3.8, 4) is 0 Å². The van der Waals surface area contributed by atoms with Gasteiger partial charge < -0.3 is 15.4 Å².